The molecule has 0 saturated carbocycles. The van der Waals surface area contributed by atoms with Gasteiger partial charge in [0.05, 0.1) is 17.8 Å². The van der Waals surface area contributed by atoms with E-state index in [1.807, 2.05) is 10.6 Å². The van der Waals surface area contributed by atoms with Crippen molar-refractivity contribution in [1.82, 2.24) is 9.58 Å². The second-order valence-corrected chi connectivity index (χ2v) is 7.29. The summed E-state index contributed by atoms with van der Waals surface area (Å²) < 4.78 is 7.05. The Kier molecular flexibility index (Phi) is 8.83. The first-order valence-electron chi connectivity index (χ1n) is 10.4. The van der Waals surface area contributed by atoms with E-state index < -0.39 is 5.97 Å². The van der Waals surface area contributed by atoms with Crippen molar-refractivity contribution in [3.05, 3.63) is 40.2 Å². The summed E-state index contributed by atoms with van der Waals surface area (Å²) in [4.78, 5) is 25.1. The quantitative estimate of drug-likeness (QED) is 0.228. The molecular weight excluding hydrogens is 368 g/mol. The number of aryl methyl sites for hydroxylation is 1. The molecule has 0 atom stereocenters. The molecule has 0 aliphatic heterocycles. The van der Waals surface area contributed by atoms with Gasteiger partial charge in [-0.15, -0.1) is 5.11 Å². The maximum Gasteiger partial charge on any atom is 0.343 e. The van der Waals surface area contributed by atoms with Crippen LogP contribution in [0.1, 0.15) is 62.7 Å². The van der Waals surface area contributed by atoms with Crippen molar-refractivity contribution in [3.8, 4) is 0 Å². The van der Waals surface area contributed by atoms with Crippen molar-refractivity contribution >= 4 is 22.6 Å². The third-order valence-electron chi connectivity index (χ3n) is 4.65. The number of carbonyl (C=O) groups excluding carboxylic acids is 1. The molecule has 7 heteroatoms. The van der Waals surface area contributed by atoms with Gasteiger partial charge in [-0.05, 0) is 31.5 Å². The Hall–Kier alpha value is -2.70. The van der Waals surface area contributed by atoms with E-state index in [0.717, 1.165) is 24.9 Å². The van der Waals surface area contributed by atoms with E-state index in [4.69, 9.17) is 4.74 Å². The van der Waals surface area contributed by atoms with Crippen LogP contribution in [0.15, 0.2) is 39.5 Å². The summed E-state index contributed by atoms with van der Waals surface area (Å²) in [5, 5.41) is 10.3. The van der Waals surface area contributed by atoms with Gasteiger partial charge in [0.25, 0.3) is 0 Å². The number of unbranched alkanes of at least 4 members (excludes halogenated alkanes) is 5. The minimum Gasteiger partial charge on any atom is -0.462 e. The molecule has 158 valence electrons. The largest absolute Gasteiger partial charge is 0.462 e. The molecule has 1 heterocycles. The van der Waals surface area contributed by atoms with Crippen molar-refractivity contribution in [2.75, 3.05) is 20.7 Å². The van der Waals surface area contributed by atoms with Gasteiger partial charge in [-0.25, -0.2) is 4.79 Å². The molecule has 0 fully saturated rings. The molecule has 29 heavy (non-hydrogen) atoms. The van der Waals surface area contributed by atoms with Crippen molar-refractivity contribution in [1.29, 1.82) is 0 Å². The van der Waals surface area contributed by atoms with E-state index in [-0.39, 0.29) is 17.6 Å². The van der Waals surface area contributed by atoms with Gasteiger partial charge in [-0.2, -0.15) is 0 Å². The molecule has 1 aromatic carbocycles. The highest BCUT2D eigenvalue weighted by atomic mass is 16.5. The van der Waals surface area contributed by atoms with Crippen molar-refractivity contribution < 1.29 is 9.53 Å². The Morgan fingerprint density at radius 2 is 1.83 bits per heavy atom. The first-order chi connectivity index (χ1) is 14.0. The zero-order valence-corrected chi connectivity index (χ0v) is 18.0. The third kappa shape index (κ3) is 6.41. The number of esters is 1. The molecule has 0 spiro atoms. The van der Waals surface area contributed by atoms with Crippen LogP contribution in [0.5, 0.6) is 0 Å². The number of nitrogens with zero attached hydrogens (tertiary/aromatic N) is 4. The number of hydrogen-bond donors (Lipinski definition) is 0. The maximum atomic E-state index is 12.8. The van der Waals surface area contributed by atoms with Crippen LogP contribution in [-0.4, -0.2) is 36.2 Å². The van der Waals surface area contributed by atoms with Gasteiger partial charge in [0, 0.05) is 32.2 Å². The predicted octanol–water partition coefficient (Wildman–Crippen LogP) is 5.10. The minimum absolute atomic E-state index is 0.0769. The van der Waals surface area contributed by atoms with Crippen LogP contribution in [0.25, 0.3) is 10.9 Å². The number of benzene rings is 1. The standard InChI is InChI=1S/C22H32N4O3/c1-5-7-8-9-10-11-14-26-16-19(22(28)29-6-2)21(27)18-13-12-17(15-20(18)26)23-24-25(3)4/h12-13,15-16H,5-11,14H2,1-4H3/b24-23+. The number of hydrogen-bond acceptors (Lipinski definition) is 5. The summed E-state index contributed by atoms with van der Waals surface area (Å²) in [5.74, 6) is -0.576. The molecule has 0 bridgehead atoms. The molecule has 0 aliphatic rings. The number of pyridine rings is 1. The molecule has 2 aromatic rings. The van der Waals surface area contributed by atoms with Gasteiger partial charge in [-0.3, -0.25) is 9.80 Å². The van der Waals surface area contributed by atoms with Crippen LogP contribution < -0.4 is 5.43 Å². The molecular formula is C22H32N4O3. The first kappa shape index (κ1) is 22.6. The van der Waals surface area contributed by atoms with Crippen LogP contribution >= 0.6 is 0 Å². The maximum absolute atomic E-state index is 12.8. The molecule has 0 saturated heterocycles. The van der Waals surface area contributed by atoms with E-state index in [9.17, 15) is 9.59 Å². The number of rotatable bonds is 11. The second-order valence-electron chi connectivity index (χ2n) is 7.29. The fourth-order valence-corrected chi connectivity index (χ4v) is 3.18. The molecule has 0 unspecified atom stereocenters. The Balaban J connectivity index is 2.39. The third-order valence-corrected chi connectivity index (χ3v) is 4.65. The van der Waals surface area contributed by atoms with Crippen molar-refractivity contribution in [3.63, 3.8) is 0 Å². The Morgan fingerprint density at radius 1 is 1.10 bits per heavy atom. The van der Waals surface area contributed by atoms with E-state index in [1.165, 1.54) is 25.7 Å². The van der Waals surface area contributed by atoms with E-state index in [2.05, 4.69) is 17.3 Å². The van der Waals surface area contributed by atoms with Crippen molar-refractivity contribution in [2.45, 2.75) is 58.9 Å². The number of ether oxygens (including phenoxy) is 1. The van der Waals surface area contributed by atoms with E-state index in [1.54, 1.807) is 44.4 Å². The predicted molar refractivity (Wildman–Crippen MR) is 116 cm³/mol. The highest BCUT2D eigenvalue weighted by Crippen LogP contribution is 2.21. The fourth-order valence-electron chi connectivity index (χ4n) is 3.18. The molecule has 0 N–H and O–H groups in total. The van der Waals surface area contributed by atoms with Crippen LogP contribution in [-0.2, 0) is 11.3 Å². The highest BCUT2D eigenvalue weighted by Gasteiger charge is 2.16. The lowest BCUT2D eigenvalue weighted by atomic mass is 10.1. The summed E-state index contributed by atoms with van der Waals surface area (Å²) in [7, 11) is 3.59. The van der Waals surface area contributed by atoms with Gasteiger partial charge < -0.3 is 9.30 Å². The lowest BCUT2D eigenvalue weighted by molar-refractivity contribution is 0.0524. The zero-order chi connectivity index (χ0) is 21.2. The Morgan fingerprint density at radius 3 is 2.52 bits per heavy atom. The topological polar surface area (TPSA) is 76.3 Å². The van der Waals surface area contributed by atoms with E-state index >= 15 is 0 Å². The lowest BCUT2D eigenvalue weighted by Crippen LogP contribution is -2.21. The fraction of sp³-hybridized carbons (Fsp3) is 0.545. The Labute approximate surface area is 172 Å². The van der Waals surface area contributed by atoms with E-state index in [0.29, 0.717) is 11.1 Å². The Bertz CT molecular complexity index is 903. The average molecular weight is 401 g/mol. The summed E-state index contributed by atoms with van der Waals surface area (Å²) in [6.07, 6.45) is 8.63. The molecule has 0 radical (unpaired) electrons. The summed E-state index contributed by atoms with van der Waals surface area (Å²) in [6.45, 7) is 4.89. The zero-order valence-electron chi connectivity index (χ0n) is 18.0. The van der Waals surface area contributed by atoms with Gasteiger partial charge in [0.1, 0.15) is 5.56 Å². The van der Waals surface area contributed by atoms with Crippen molar-refractivity contribution in [2.24, 2.45) is 10.3 Å². The molecule has 2 rings (SSSR count). The van der Waals surface area contributed by atoms with Crippen LogP contribution in [0, 0.1) is 0 Å². The van der Waals surface area contributed by atoms with Gasteiger partial charge in [-0.1, -0.05) is 44.3 Å². The molecule has 1 aromatic heterocycles. The lowest BCUT2D eigenvalue weighted by Gasteiger charge is -2.14. The smallest absolute Gasteiger partial charge is 0.343 e. The van der Waals surface area contributed by atoms with Crippen LogP contribution in [0.4, 0.5) is 5.69 Å². The summed E-state index contributed by atoms with van der Waals surface area (Å²) >= 11 is 0. The van der Waals surface area contributed by atoms with Gasteiger partial charge in [0.15, 0.2) is 0 Å². The second kappa shape index (κ2) is 11.3. The number of fused-ring (bicyclic) bond motifs is 1. The molecule has 7 nitrogen and oxygen atoms in total. The normalized spacial score (nSPS) is 11.3. The SMILES string of the molecule is CCCCCCCCn1cc(C(=O)OCC)c(=O)c2ccc(/N=N/N(C)C)cc21. The van der Waals surface area contributed by atoms with Crippen LogP contribution in [0.2, 0.25) is 0 Å². The number of aromatic nitrogens is 1. The van der Waals surface area contributed by atoms with Gasteiger partial charge in [0.2, 0.25) is 5.43 Å². The first-order valence-corrected chi connectivity index (χ1v) is 10.4. The summed E-state index contributed by atoms with van der Waals surface area (Å²) in [5.41, 5.74) is 1.18. The van der Waals surface area contributed by atoms with Crippen LogP contribution in [0.3, 0.4) is 0 Å². The number of carbonyl (C=O) groups is 1. The molecule has 0 aliphatic carbocycles. The minimum atomic E-state index is -0.576. The van der Waals surface area contributed by atoms with Gasteiger partial charge >= 0.3 is 5.97 Å². The summed E-state index contributed by atoms with van der Waals surface area (Å²) in [6, 6.07) is 5.29. The monoisotopic (exact) mass is 400 g/mol. The average Bonchev–Trinajstić information content (AvgIpc) is 2.70. The highest BCUT2D eigenvalue weighted by molar-refractivity contribution is 5.94. The molecule has 0 amide bonds.